The van der Waals surface area contributed by atoms with Crippen LogP contribution in [0.1, 0.15) is 95.9 Å². The molecular formula is C45H51F2N9O4. The maximum atomic E-state index is 14.1. The number of carboxylic acids is 1. The second-order valence-electron chi connectivity index (χ2n) is 17.6. The summed E-state index contributed by atoms with van der Waals surface area (Å²) >= 11 is 0. The van der Waals surface area contributed by atoms with Crippen molar-refractivity contribution in [3.8, 4) is 11.1 Å². The minimum absolute atomic E-state index is 0.130. The summed E-state index contributed by atoms with van der Waals surface area (Å²) in [7, 11) is 1.89. The molecule has 0 radical (unpaired) electrons. The summed E-state index contributed by atoms with van der Waals surface area (Å²) in [5, 5.41) is 26.2. The largest absolute Gasteiger partial charge is 0.481 e. The van der Waals surface area contributed by atoms with Gasteiger partial charge >= 0.3 is 5.97 Å². The molecule has 3 fully saturated rings. The van der Waals surface area contributed by atoms with E-state index in [4.69, 9.17) is 4.98 Å². The number of carbonyl (C=O) groups excluding carboxylic acids is 1. The molecule has 1 amide bonds. The molecule has 4 aliphatic rings. The van der Waals surface area contributed by atoms with Crippen molar-refractivity contribution in [2.24, 2.45) is 17.9 Å². The molecule has 5 heterocycles. The number of rotatable bonds is 12. The average molecular weight is 820 g/mol. The summed E-state index contributed by atoms with van der Waals surface area (Å²) in [6.07, 6.45) is 5.27. The molecule has 60 heavy (non-hydrogen) atoms. The minimum atomic E-state index is -2.89. The first-order valence-electron chi connectivity index (χ1n) is 20.9. The number of alkyl halides is 2. The summed E-state index contributed by atoms with van der Waals surface area (Å²) in [6.45, 7) is 8.14. The van der Waals surface area contributed by atoms with Gasteiger partial charge in [-0.25, -0.2) is 23.7 Å². The smallest absolute Gasteiger partial charge is 0.309 e. The summed E-state index contributed by atoms with van der Waals surface area (Å²) in [4.78, 5) is 48.2. The number of fused-ring (bicyclic) bond motifs is 4. The number of nitrogens with one attached hydrogen (secondary N) is 2. The molecule has 2 aromatic carbocycles. The number of aliphatic hydroxyl groups excluding tert-OH is 1. The highest BCUT2D eigenvalue weighted by Gasteiger charge is 2.57. The van der Waals surface area contributed by atoms with Gasteiger partial charge in [-0.05, 0) is 117 Å². The number of aliphatic hydroxyl groups is 1. The van der Waals surface area contributed by atoms with Gasteiger partial charge in [-0.1, -0.05) is 24.3 Å². The number of pyridine rings is 1. The van der Waals surface area contributed by atoms with E-state index < -0.39 is 23.6 Å². The van der Waals surface area contributed by atoms with Crippen LogP contribution in [0.25, 0.3) is 22.2 Å². The van der Waals surface area contributed by atoms with E-state index in [9.17, 15) is 28.6 Å². The van der Waals surface area contributed by atoms with Crippen LogP contribution in [0.15, 0.2) is 48.7 Å². The van der Waals surface area contributed by atoms with Crippen LogP contribution in [0.4, 0.5) is 26.0 Å². The first-order valence-corrected chi connectivity index (χ1v) is 20.9. The normalized spacial score (nSPS) is 22.8. The van der Waals surface area contributed by atoms with Crippen LogP contribution in [-0.4, -0.2) is 88.7 Å². The fourth-order valence-electron chi connectivity index (χ4n) is 10.3. The first-order chi connectivity index (χ1) is 28.8. The van der Waals surface area contributed by atoms with Gasteiger partial charge in [0.15, 0.2) is 17.5 Å². The quantitative estimate of drug-likeness (QED) is 0.0998. The van der Waals surface area contributed by atoms with E-state index in [1.165, 1.54) is 0 Å². The molecule has 9 rings (SSSR count). The number of hydrogen-bond acceptors (Lipinski definition) is 10. The van der Waals surface area contributed by atoms with Gasteiger partial charge in [0.2, 0.25) is 0 Å². The predicted octanol–water partition coefficient (Wildman–Crippen LogP) is 7.33. The monoisotopic (exact) mass is 819 g/mol. The number of likely N-dealkylation sites (tertiary alicyclic amines) is 1. The lowest BCUT2D eigenvalue weighted by atomic mass is 9.80. The van der Waals surface area contributed by atoms with Crippen molar-refractivity contribution in [2.75, 3.05) is 36.8 Å². The lowest BCUT2D eigenvalue weighted by Gasteiger charge is -2.32. The van der Waals surface area contributed by atoms with E-state index in [1.807, 2.05) is 61.9 Å². The van der Waals surface area contributed by atoms with E-state index in [-0.39, 0.29) is 23.2 Å². The third-order valence-corrected chi connectivity index (χ3v) is 13.8. The SMILES string of the molecule is Cc1c(NC(=O)c2nc3c(n2C)CCN(CCC24CCC(C(=O)O)(CC2)C4)C3)cccc1-c1cccc(Nc2nc(C(F)F)nc3cc(CN4CCC(O)C4)cnc23)c1C. The molecule has 15 heteroatoms. The molecule has 5 aromatic rings. The number of nitrogens with zero attached hydrogens (tertiary/aromatic N) is 7. The van der Waals surface area contributed by atoms with Gasteiger partial charge < -0.3 is 25.4 Å². The van der Waals surface area contributed by atoms with Gasteiger partial charge in [-0.3, -0.25) is 24.4 Å². The number of β-amino-alcohol motifs (C(OH)–C–C–N with tert-alkyl or cyclic N) is 1. The zero-order chi connectivity index (χ0) is 41.9. The highest BCUT2D eigenvalue weighted by Crippen LogP contribution is 2.63. The zero-order valence-electron chi connectivity index (χ0n) is 34.3. The van der Waals surface area contributed by atoms with Crippen LogP contribution in [0.3, 0.4) is 0 Å². The Hall–Kier alpha value is -5.38. The number of imidazole rings is 1. The molecule has 1 saturated heterocycles. The van der Waals surface area contributed by atoms with Crippen LogP contribution in [0.2, 0.25) is 0 Å². The fraction of sp³-hybridized carbons (Fsp3) is 0.467. The van der Waals surface area contributed by atoms with Crippen LogP contribution >= 0.6 is 0 Å². The molecule has 0 spiro atoms. The first kappa shape index (κ1) is 40.0. The van der Waals surface area contributed by atoms with E-state index in [0.29, 0.717) is 54.3 Å². The van der Waals surface area contributed by atoms with E-state index in [1.54, 1.807) is 12.3 Å². The number of benzene rings is 2. The van der Waals surface area contributed by atoms with Crippen molar-refractivity contribution in [1.82, 2.24) is 34.3 Å². The molecule has 2 aliphatic heterocycles. The van der Waals surface area contributed by atoms with Crippen molar-refractivity contribution in [2.45, 2.75) is 90.8 Å². The van der Waals surface area contributed by atoms with Crippen LogP contribution in [-0.2, 0) is 31.4 Å². The molecule has 1 unspecified atom stereocenters. The maximum absolute atomic E-state index is 14.1. The Morgan fingerprint density at radius 3 is 2.38 bits per heavy atom. The Morgan fingerprint density at radius 2 is 1.70 bits per heavy atom. The Kier molecular flexibility index (Phi) is 10.4. The standard InChI is InChI=1S/C45H51F2N9O4/c1-26-30(6-4-8-32(26)49-39-37-34(50-40(53-39)38(46)47)20-28(21-48-37)22-56-17-10-29(57)23-56)31-7-5-9-33(27(31)2)52-42(58)41-51-35-24-55(18-11-36(35)54(41)3)19-16-44-12-14-45(25-44,15-13-44)43(59)60/h4-9,20-21,29,38,57H,10-19,22-25H2,1-3H3,(H,52,58)(H,59,60)(H,49,50,53). The topological polar surface area (TPSA) is 162 Å². The Labute approximate surface area is 347 Å². The lowest BCUT2D eigenvalue weighted by molar-refractivity contribution is -0.148. The van der Waals surface area contributed by atoms with Gasteiger partial charge in [0.1, 0.15) is 5.52 Å². The molecule has 13 nitrogen and oxygen atoms in total. The molecule has 4 N–H and O–H groups in total. The average Bonchev–Trinajstić information content (AvgIpc) is 4.01. The minimum Gasteiger partial charge on any atom is -0.481 e. The van der Waals surface area contributed by atoms with Gasteiger partial charge in [-0.15, -0.1) is 0 Å². The molecular weight excluding hydrogens is 769 g/mol. The highest BCUT2D eigenvalue weighted by molar-refractivity contribution is 6.03. The number of amides is 1. The third-order valence-electron chi connectivity index (χ3n) is 13.8. The third kappa shape index (κ3) is 7.40. The molecule has 314 valence electrons. The number of aliphatic carboxylic acids is 1. The van der Waals surface area contributed by atoms with Crippen LogP contribution in [0.5, 0.6) is 0 Å². The van der Waals surface area contributed by atoms with Crippen molar-refractivity contribution in [3.05, 3.63) is 88.4 Å². The lowest BCUT2D eigenvalue weighted by Crippen LogP contribution is -2.34. The summed E-state index contributed by atoms with van der Waals surface area (Å²) in [5.74, 6) is -1.00. The van der Waals surface area contributed by atoms with Gasteiger partial charge in [0.05, 0.1) is 22.7 Å². The van der Waals surface area contributed by atoms with E-state index >= 15 is 0 Å². The van der Waals surface area contributed by atoms with Crippen molar-refractivity contribution in [3.63, 3.8) is 0 Å². The Morgan fingerprint density at radius 1 is 0.967 bits per heavy atom. The number of halogens is 2. The van der Waals surface area contributed by atoms with Gasteiger partial charge in [-0.2, -0.15) is 0 Å². The number of aromatic nitrogens is 5. The van der Waals surface area contributed by atoms with Gasteiger partial charge in [0.25, 0.3) is 12.3 Å². The molecule has 2 saturated carbocycles. The summed E-state index contributed by atoms with van der Waals surface area (Å²) < 4.78 is 30.1. The Balaban J connectivity index is 0.907. The van der Waals surface area contributed by atoms with E-state index in [0.717, 1.165) is 104 Å². The molecule has 2 aliphatic carbocycles. The summed E-state index contributed by atoms with van der Waals surface area (Å²) in [5.41, 5.74) is 7.86. The number of carboxylic acid groups (broad SMARTS) is 1. The number of anilines is 3. The number of hydrogen-bond donors (Lipinski definition) is 4. The highest BCUT2D eigenvalue weighted by atomic mass is 19.3. The zero-order valence-corrected chi connectivity index (χ0v) is 34.3. The van der Waals surface area contributed by atoms with E-state index in [2.05, 4.69) is 35.4 Å². The van der Waals surface area contributed by atoms with Crippen molar-refractivity contribution >= 4 is 40.1 Å². The fourth-order valence-corrected chi connectivity index (χ4v) is 10.3. The Bertz CT molecular complexity index is 2500. The number of carbonyl (C=O) groups is 2. The van der Waals surface area contributed by atoms with Crippen molar-refractivity contribution in [1.29, 1.82) is 0 Å². The van der Waals surface area contributed by atoms with Gasteiger partial charge in [0, 0.05) is 69.5 Å². The second-order valence-corrected chi connectivity index (χ2v) is 17.6. The molecule has 2 bridgehead atoms. The molecule has 1 atom stereocenters. The molecule has 3 aromatic heterocycles. The summed E-state index contributed by atoms with van der Waals surface area (Å²) in [6, 6.07) is 13.2. The predicted molar refractivity (Wildman–Crippen MR) is 223 cm³/mol. The second kappa shape index (κ2) is 15.6. The van der Waals surface area contributed by atoms with Crippen molar-refractivity contribution < 1.29 is 28.6 Å². The maximum Gasteiger partial charge on any atom is 0.309 e. The van der Waals surface area contributed by atoms with Crippen LogP contribution < -0.4 is 10.6 Å². The van der Waals surface area contributed by atoms with Crippen LogP contribution in [0, 0.1) is 24.7 Å².